The van der Waals surface area contributed by atoms with E-state index in [-0.39, 0.29) is 42.0 Å². The molecule has 2 aromatic carbocycles. The summed E-state index contributed by atoms with van der Waals surface area (Å²) in [5, 5.41) is 17.1. The van der Waals surface area contributed by atoms with Gasteiger partial charge in [0.2, 0.25) is 17.6 Å². The third-order valence-corrected chi connectivity index (χ3v) is 5.14. The van der Waals surface area contributed by atoms with Crippen LogP contribution in [0.3, 0.4) is 0 Å². The number of nitrogens with zero attached hydrogens (tertiary/aromatic N) is 1. The molecular formula is C24H31N3O6. The average Bonchev–Trinajstić information content (AvgIpc) is 2.81. The summed E-state index contributed by atoms with van der Waals surface area (Å²) in [6, 6.07) is 13.1. The summed E-state index contributed by atoms with van der Waals surface area (Å²) >= 11 is 0. The van der Waals surface area contributed by atoms with Gasteiger partial charge < -0.3 is 20.1 Å². The normalized spacial score (nSPS) is 10.4. The van der Waals surface area contributed by atoms with E-state index >= 15 is 0 Å². The molecule has 0 atom stereocenters. The van der Waals surface area contributed by atoms with Gasteiger partial charge in [-0.3, -0.25) is 19.7 Å². The van der Waals surface area contributed by atoms with Crippen LogP contribution in [-0.2, 0) is 22.4 Å². The van der Waals surface area contributed by atoms with Crippen LogP contribution in [0.25, 0.3) is 0 Å². The highest BCUT2D eigenvalue weighted by Crippen LogP contribution is 2.39. The highest BCUT2D eigenvalue weighted by Gasteiger charge is 2.24. The van der Waals surface area contributed by atoms with Gasteiger partial charge in [-0.05, 0) is 43.4 Å². The number of nitro groups is 1. The van der Waals surface area contributed by atoms with Crippen molar-refractivity contribution in [1.29, 1.82) is 0 Å². The molecule has 0 fully saturated rings. The number of carbonyl (C=O) groups is 2. The lowest BCUT2D eigenvalue weighted by molar-refractivity contribution is -0.386. The predicted molar refractivity (Wildman–Crippen MR) is 125 cm³/mol. The van der Waals surface area contributed by atoms with E-state index in [1.165, 1.54) is 19.8 Å². The third-order valence-electron chi connectivity index (χ3n) is 5.14. The largest absolute Gasteiger partial charge is 0.493 e. The Morgan fingerprint density at radius 1 is 0.879 bits per heavy atom. The Morgan fingerprint density at radius 3 is 2.03 bits per heavy atom. The van der Waals surface area contributed by atoms with Crippen molar-refractivity contribution in [2.75, 3.05) is 27.3 Å². The van der Waals surface area contributed by atoms with Crippen molar-refractivity contribution in [2.24, 2.45) is 0 Å². The van der Waals surface area contributed by atoms with Crippen LogP contribution in [0.1, 0.15) is 36.8 Å². The Hall–Kier alpha value is -3.62. The molecule has 0 unspecified atom stereocenters. The van der Waals surface area contributed by atoms with Crippen LogP contribution >= 0.6 is 0 Å². The Balaban J connectivity index is 1.65. The van der Waals surface area contributed by atoms with Crippen LogP contribution in [0.5, 0.6) is 11.5 Å². The molecule has 0 saturated heterocycles. The second kappa shape index (κ2) is 13.7. The summed E-state index contributed by atoms with van der Waals surface area (Å²) in [4.78, 5) is 34.9. The number of hydrogen-bond acceptors (Lipinski definition) is 6. The highest BCUT2D eigenvalue weighted by atomic mass is 16.6. The summed E-state index contributed by atoms with van der Waals surface area (Å²) in [5.41, 5.74) is 1.46. The van der Waals surface area contributed by atoms with Crippen molar-refractivity contribution >= 4 is 17.5 Å². The summed E-state index contributed by atoms with van der Waals surface area (Å²) < 4.78 is 10.3. The minimum absolute atomic E-state index is 0.0212. The van der Waals surface area contributed by atoms with Gasteiger partial charge in [-0.25, -0.2) is 0 Å². The molecule has 2 rings (SSSR count). The number of unbranched alkanes of at least 4 members (excludes halogenated alkanes) is 1. The fourth-order valence-corrected chi connectivity index (χ4v) is 3.43. The van der Waals surface area contributed by atoms with Gasteiger partial charge >= 0.3 is 5.69 Å². The van der Waals surface area contributed by atoms with Crippen molar-refractivity contribution in [1.82, 2.24) is 10.6 Å². The van der Waals surface area contributed by atoms with Gasteiger partial charge in [-0.2, -0.15) is 0 Å². The van der Waals surface area contributed by atoms with Crippen LogP contribution < -0.4 is 20.1 Å². The quantitative estimate of drug-likeness (QED) is 0.255. The average molecular weight is 458 g/mol. The van der Waals surface area contributed by atoms with Gasteiger partial charge in [-0.15, -0.1) is 0 Å². The van der Waals surface area contributed by atoms with Gasteiger partial charge in [-0.1, -0.05) is 30.3 Å². The lowest BCUT2D eigenvalue weighted by Crippen LogP contribution is -2.26. The first kappa shape index (κ1) is 25.6. The first-order valence-corrected chi connectivity index (χ1v) is 10.9. The second-order valence-electron chi connectivity index (χ2n) is 7.46. The number of nitro benzene ring substituents is 1. The molecule has 0 aliphatic heterocycles. The molecule has 9 heteroatoms. The lowest BCUT2D eigenvalue weighted by atomic mass is 10.1. The molecule has 0 spiro atoms. The first-order chi connectivity index (χ1) is 16.0. The number of hydrogen-bond donors (Lipinski definition) is 2. The van der Waals surface area contributed by atoms with Crippen LogP contribution in [-0.4, -0.2) is 44.0 Å². The number of ether oxygens (including phenoxy) is 2. The zero-order chi connectivity index (χ0) is 24.1. The van der Waals surface area contributed by atoms with E-state index in [2.05, 4.69) is 10.6 Å². The molecule has 2 N–H and O–H groups in total. The second-order valence-corrected chi connectivity index (χ2v) is 7.46. The Labute approximate surface area is 193 Å². The molecule has 0 heterocycles. The maximum absolute atomic E-state index is 12.1. The number of amides is 2. The molecule has 0 aliphatic rings. The summed E-state index contributed by atoms with van der Waals surface area (Å²) in [5.74, 6) is 0.171. The van der Waals surface area contributed by atoms with Gasteiger partial charge in [0.05, 0.1) is 19.1 Å². The minimum atomic E-state index is -0.511. The lowest BCUT2D eigenvalue weighted by Gasteiger charge is -2.11. The Bertz CT molecular complexity index is 933. The van der Waals surface area contributed by atoms with Gasteiger partial charge in [0.15, 0.2) is 5.75 Å². The van der Waals surface area contributed by atoms with E-state index in [4.69, 9.17) is 9.47 Å². The van der Waals surface area contributed by atoms with E-state index in [0.29, 0.717) is 37.8 Å². The molecule has 178 valence electrons. The zero-order valence-corrected chi connectivity index (χ0v) is 19.1. The molecule has 9 nitrogen and oxygen atoms in total. The van der Waals surface area contributed by atoms with Crippen LogP contribution in [0.4, 0.5) is 5.69 Å². The summed E-state index contributed by atoms with van der Waals surface area (Å²) in [7, 11) is 2.76. The first-order valence-electron chi connectivity index (χ1n) is 10.9. The minimum Gasteiger partial charge on any atom is -0.493 e. The van der Waals surface area contributed by atoms with Crippen molar-refractivity contribution in [3.05, 3.63) is 63.7 Å². The SMILES string of the molecule is COc1ccc(CCNC(=O)CCCCC(=O)NCCc2ccccc2)c([N+](=O)[O-])c1OC. The van der Waals surface area contributed by atoms with Crippen molar-refractivity contribution in [3.8, 4) is 11.5 Å². The smallest absolute Gasteiger partial charge is 0.318 e. The Kier molecular flexibility index (Phi) is 10.7. The standard InChI is InChI=1S/C24H31N3O6/c1-32-20-13-12-19(23(27(30)31)24(20)33-2)15-17-26-22(29)11-7-6-10-21(28)25-16-14-18-8-4-3-5-9-18/h3-5,8-9,12-13H,6-7,10-11,14-17H2,1-2H3,(H,25,28)(H,26,29). The maximum Gasteiger partial charge on any atom is 0.318 e. The number of carbonyl (C=O) groups excluding carboxylic acids is 2. The predicted octanol–water partition coefficient (Wildman–Crippen LogP) is 3.19. The van der Waals surface area contributed by atoms with Crippen molar-refractivity contribution in [3.63, 3.8) is 0 Å². The summed E-state index contributed by atoms with van der Waals surface area (Å²) in [6.45, 7) is 0.848. The molecule has 0 aliphatic carbocycles. The summed E-state index contributed by atoms with van der Waals surface area (Å²) in [6.07, 6.45) is 2.95. The van der Waals surface area contributed by atoms with E-state index in [9.17, 15) is 19.7 Å². The van der Waals surface area contributed by atoms with Gasteiger partial charge in [0.25, 0.3) is 0 Å². The van der Waals surface area contributed by atoms with Crippen LogP contribution in [0.15, 0.2) is 42.5 Å². The van der Waals surface area contributed by atoms with Crippen LogP contribution in [0.2, 0.25) is 0 Å². The van der Waals surface area contributed by atoms with Crippen LogP contribution in [0, 0.1) is 10.1 Å². The molecule has 0 saturated carbocycles. The van der Waals surface area contributed by atoms with Crippen molar-refractivity contribution in [2.45, 2.75) is 38.5 Å². The van der Waals surface area contributed by atoms with Crippen molar-refractivity contribution < 1.29 is 24.0 Å². The van der Waals surface area contributed by atoms with E-state index in [1.807, 2.05) is 30.3 Å². The van der Waals surface area contributed by atoms with Gasteiger partial charge in [0.1, 0.15) is 0 Å². The van der Waals surface area contributed by atoms with E-state index in [1.54, 1.807) is 12.1 Å². The molecular weight excluding hydrogens is 426 g/mol. The molecule has 33 heavy (non-hydrogen) atoms. The van der Waals surface area contributed by atoms with E-state index < -0.39 is 4.92 Å². The Morgan fingerprint density at radius 2 is 1.48 bits per heavy atom. The third kappa shape index (κ3) is 8.44. The molecule has 0 aromatic heterocycles. The maximum atomic E-state index is 12.1. The molecule has 2 amide bonds. The monoisotopic (exact) mass is 457 g/mol. The fourth-order valence-electron chi connectivity index (χ4n) is 3.43. The van der Waals surface area contributed by atoms with Gasteiger partial charge in [0, 0.05) is 31.5 Å². The number of rotatable bonds is 14. The highest BCUT2D eigenvalue weighted by molar-refractivity contribution is 5.77. The zero-order valence-electron chi connectivity index (χ0n) is 19.1. The number of benzene rings is 2. The fraction of sp³-hybridized carbons (Fsp3) is 0.417. The van der Waals surface area contributed by atoms with E-state index in [0.717, 1.165) is 6.42 Å². The topological polar surface area (TPSA) is 120 Å². The molecule has 0 radical (unpaired) electrons. The molecule has 2 aromatic rings. The number of methoxy groups -OCH3 is 2. The number of nitrogens with one attached hydrogen (secondary N) is 2. The molecule has 0 bridgehead atoms.